The van der Waals surface area contributed by atoms with Crippen molar-refractivity contribution in [3.05, 3.63) is 18.0 Å². The van der Waals surface area contributed by atoms with Crippen LogP contribution in [0.1, 0.15) is 32.0 Å². The van der Waals surface area contributed by atoms with E-state index < -0.39 is 12.0 Å². The first-order valence-corrected chi connectivity index (χ1v) is 4.49. The van der Waals surface area contributed by atoms with Crippen molar-refractivity contribution in [1.29, 1.82) is 0 Å². The predicted molar refractivity (Wildman–Crippen MR) is 46.9 cm³/mol. The van der Waals surface area contributed by atoms with Crippen LogP contribution in [0.4, 0.5) is 8.78 Å². The summed E-state index contributed by atoms with van der Waals surface area (Å²) in [6, 6.07) is 1.05. The summed E-state index contributed by atoms with van der Waals surface area (Å²) in [6.45, 7) is 5.79. The Kier molecular flexibility index (Phi) is 2.68. The second-order valence-corrected chi connectivity index (χ2v) is 2.92. The Morgan fingerprint density at radius 2 is 2.08 bits per heavy atom. The second-order valence-electron chi connectivity index (χ2n) is 2.92. The Hall–Kier alpha value is -0.930. The molecular formula is C9H14F2N2. The van der Waals surface area contributed by atoms with Crippen LogP contribution >= 0.6 is 0 Å². The van der Waals surface area contributed by atoms with Gasteiger partial charge in [-0.3, -0.25) is 4.68 Å². The van der Waals surface area contributed by atoms with Crippen molar-refractivity contribution in [3.63, 3.8) is 0 Å². The van der Waals surface area contributed by atoms with Crippen molar-refractivity contribution in [2.75, 3.05) is 0 Å². The van der Waals surface area contributed by atoms with Gasteiger partial charge in [-0.15, -0.1) is 0 Å². The van der Waals surface area contributed by atoms with Crippen LogP contribution in [0.3, 0.4) is 0 Å². The van der Waals surface area contributed by atoms with E-state index in [0.717, 1.165) is 5.69 Å². The standard InChI is InChI=1S/C7H8F2N2.C2H6/c1-5-2-3-11(10-5)6-4-7(6,8)9;1-2/h2-3,6H,4H2,1H3;1-2H3. The summed E-state index contributed by atoms with van der Waals surface area (Å²) in [6.07, 6.45) is 1.54. The topological polar surface area (TPSA) is 17.8 Å². The minimum atomic E-state index is -2.52. The van der Waals surface area contributed by atoms with Crippen LogP contribution in [0, 0.1) is 6.92 Å². The predicted octanol–water partition coefficient (Wildman–Crippen LogP) is 2.80. The van der Waals surface area contributed by atoms with Crippen molar-refractivity contribution in [3.8, 4) is 0 Å². The van der Waals surface area contributed by atoms with E-state index >= 15 is 0 Å². The SMILES string of the molecule is CC.Cc1ccn(C2CC2(F)F)n1. The third-order valence-electron chi connectivity index (χ3n) is 1.85. The van der Waals surface area contributed by atoms with Gasteiger partial charge in [0.2, 0.25) is 0 Å². The van der Waals surface area contributed by atoms with E-state index in [1.807, 2.05) is 13.8 Å². The zero-order chi connectivity index (χ0) is 10.1. The van der Waals surface area contributed by atoms with Gasteiger partial charge < -0.3 is 0 Å². The highest BCUT2D eigenvalue weighted by atomic mass is 19.3. The van der Waals surface area contributed by atoms with E-state index in [9.17, 15) is 8.78 Å². The van der Waals surface area contributed by atoms with Crippen LogP contribution in [0.5, 0.6) is 0 Å². The summed E-state index contributed by atoms with van der Waals surface area (Å²) < 4.78 is 26.2. The molecule has 4 heteroatoms. The lowest BCUT2D eigenvalue weighted by atomic mass is 10.5. The summed E-state index contributed by atoms with van der Waals surface area (Å²) in [5.41, 5.74) is 0.785. The summed E-state index contributed by atoms with van der Waals surface area (Å²) >= 11 is 0. The zero-order valence-corrected chi connectivity index (χ0v) is 8.09. The van der Waals surface area contributed by atoms with Gasteiger partial charge in [-0.1, -0.05) is 13.8 Å². The van der Waals surface area contributed by atoms with Crippen LogP contribution < -0.4 is 0 Å². The fraction of sp³-hybridized carbons (Fsp3) is 0.667. The molecular weight excluding hydrogens is 174 g/mol. The van der Waals surface area contributed by atoms with Gasteiger partial charge in [-0.2, -0.15) is 5.10 Å². The number of hydrogen-bond donors (Lipinski definition) is 0. The molecule has 2 nitrogen and oxygen atoms in total. The summed E-state index contributed by atoms with van der Waals surface area (Å²) in [7, 11) is 0. The Morgan fingerprint density at radius 1 is 1.54 bits per heavy atom. The largest absolute Gasteiger partial charge is 0.272 e. The summed E-state index contributed by atoms with van der Waals surface area (Å²) in [4.78, 5) is 0. The first-order valence-electron chi connectivity index (χ1n) is 4.49. The Morgan fingerprint density at radius 3 is 2.38 bits per heavy atom. The molecule has 1 saturated carbocycles. The molecule has 74 valence electrons. The van der Waals surface area contributed by atoms with E-state index in [1.54, 1.807) is 19.2 Å². The molecule has 1 aliphatic carbocycles. The number of rotatable bonds is 1. The highest BCUT2D eigenvalue weighted by Crippen LogP contribution is 2.51. The molecule has 0 amide bonds. The van der Waals surface area contributed by atoms with Crippen molar-refractivity contribution < 1.29 is 8.78 Å². The van der Waals surface area contributed by atoms with Gasteiger partial charge in [-0.05, 0) is 13.0 Å². The van der Waals surface area contributed by atoms with Crippen LogP contribution in [-0.4, -0.2) is 15.7 Å². The molecule has 1 atom stereocenters. The Bertz CT molecular complexity index is 281. The van der Waals surface area contributed by atoms with Crippen LogP contribution in [0.25, 0.3) is 0 Å². The number of halogens is 2. The fourth-order valence-corrected chi connectivity index (χ4v) is 1.09. The molecule has 1 aliphatic rings. The molecule has 1 heterocycles. The van der Waals surface area contributed by atoms with E-state index in [2.05, 4.69) is 5.10 Å². The van der Waals surface area contributed by atoms with Gasteiger partial charge in [0.1, 0.15) is 6.04 Å². The van der Waals surface area contributed by atoms with E-state index in [4.69, 9.17) is 0 Å². The minimum Gasteiger partial charge on any atom is -0.263 e. The first kappa shape index (κ1) is 10.2. The lowest BCUT2D eigenvalue weighted by Crippen LogP contribution is -2.02. The van der Waals surface area contributed by atoms with Crippen LogP contribution in [0.15, 0.2) is 12.3 Å². The first-order chi connectivity index (χ1) is 6.09. The van der Waals surface area contributed by atoms with Gasteiger partial charge in [0.15, 0.2) is 0 Å². The zero-order valence-electron chi connectivity index (χ0n) is 8.09. The molecule has 1 aromatic rings. The third-order valence-corrected chi connectivity index (χ3v) is 1.85. The molecule has 0 N–H and O–H groups in total. The molecule has 0 saturated heterocycles. The third kappa shape index (κ3) is 2.05. The molecule has 0 aliphatic heterocycles. The highest BCUT2D eigenvalue weighted by molar-refractivity contribution is 5.04. The van der Waals surface area contributed by atoms with Crippen LogP contribution in [-0.2, 0) is 0 Å². The second kappa shape index (κ2) is 3.44. The Balaban J connectivity index is 0.000000396. The maximum atomic E-state index is 12.4. The molecule has 1 unspecified atom stereocenters. The van der Waals surface area contributed by atoms with Gasteiger partial charge in [0, 0.05) is 12.6 Å². The van der Waals surface area contributed by atoms with Crippen LogP contribution in [0.2, 0.25) is 0 Å². The molecule has 1 aromatic heterocycles. The van der Waals surface area contributed by atoms with Crippen molar-refractivity contribution in [2.24, 2.45) is 0 Å². The maximum absolute atomic E-state index is 12.4. The summed E-state index contributed by atoms with van der Waals surface area (Å²) in [5.74, 6) is -2.52. The molecule has 0 radical (unpaired) electrons. The smallest absolute Gasteiger partial charge is 0.263 e. The molecule has 1 fully saturated rings. The number of aryl methyl sites for hydroxylation is 1. The normalized spacial score (nSPS) is 23.3. The average Bonchev–Trinajstić information content (AvgIpc) is 2.55. The minimum absolute atomic E-state index is 0.0614. The molecule has 0 aromatic carbocycles. The van der Waals surface area contributed by atoms with Gasteiger partial charge in [0.05, 0.1) is 5.69 Å². The maximum Gasteiger partial charge on any atom is 0.272 e. The lowest BCUT2D eigenvalue weighted by molar-refractivity contribution is 0.0983. The number of aromatic nitrogens is 2. The van der Waals surface area contributed by atoms with Gasteiger partial charge in [0.25, 0.3) is 5.92 Å². The number of hydrogen-bond acceptors (Lipinski definition) is 1. The Labute approximate surface area is 76.6 Å². The molecule has 0 bridgehead atoms. The highest BCUT2D eigenvalue weighted by Gasteiger charge is 2.58. The molecule has 2 rings (SSSR count). The quantitative estimate of drug-likeness (QED) is 0.662. The van der Waals surface area contributed by atoms with E-state index in [-0.39, 0.29) is 6.42 Å². The van der Waals surface area contributed by atoms with Crippen molar-refractivity contribution in [2.45, 2.75) is 39.2 Å². The summed E-state index contributed by atoms with van der Waals surface area (Å²) in [5, 5.41) is 3.90. The van der Waals surface area contributed by atoms with Crippen molar-refractivity contribution in [1.82, 2.24) is 9.78 Å². The van der Waals surface area contributed by atoms with Crippen molar-refractivity contribution >= 4 is 0 Å². The molecule has 13 heavy (non-hydrogen) atoms. The average molecular weight is 188 g/mol. The molecule has 0 spiro atoms. The monoisotopic (exact) mass is 188 g/mol. The fourth-order valence-electron chi connectivity index (χ4n) is 1.09. The lowest BCUT2D eigenvalue weighted by Gasteiger charge is -1.96. The van der Waals surface area contributed by atoms with E-state index in [1.165, 1.54) is 4.68 Å². The van der Waals surface area contributed by atoms with Gasteiger partial charge >= 0.3 is 0 Å². The van der Waals surface area contributed by atoms with E-state index in [0.29, 0.717) is 0 Å². The van der Waals surface area contributed by atoms with Gasteiger partial charge in [-0.25, -0.2) is 8.78 Å². The number of alkyl halides is 2. The number of nitrogens with zero attached hydrogens (tertiary/aromatic N) is 2.